The predicted molar refractivity (Wildman–Crippen MR) is 141 cm³/mol. The van der Waals surface area contributed by atoms with Crippen molar-refractivity contribution in [3.63, 3.8) is 0 Å². The van der Waals surface area contributed by atoms with Gasteiger partial charge in [-0.15, -0.1) is 21.5 Å². The van der Waals surface area contributed by atoms with E-state index in [0.29, 0.717) is 11.0 Å². The van der Waals surface area contributed by atoms with Crippen molar-refractivity contribution in [1.29, 1.82) is 0 Å². The summed E-state index contributed by atoms with van der Waals surface area (Å²) in [6.07, 6.45) is 0. The van der Waals surface area contributed by atoms with Crippen molar-refractivity contribution in [3.05, 3.63) is 76.4 Å². The lowest BCUT2D eigenvalue weighted by molar-refractivity contribution is -0.113. The SMILES string of the molecule is Cc1cc(C)c(-n2c(SCC(=O)Nc3ccccc3F)nnc2-c2cc3sccc3n2C)c(C)c1. The van der Waals surface area contributed by atoms with Crippen LogP contribution in [-0.2, 0) is 11.8 Å². The number of thioether (sulfide) groups is 1. The molecule has 0 atom stereocenters. The zero-order valence-corrected chi connectivity index (χ0v) is 21.4. The first kappa shape index (κ1) is 23.3. The number of hydrogen-bond acceptors (Lipinski definition) is 5. The first-order valence-corrected chi connectivity index (χ1v) is 12.9. The van der Waals surface area contributed by atoms with Gasteiger partial charge in [0, 0.05) is 7.05 Å². The van der Waals surface area contributed by atoms with Gasteiger partial charge in [-0.1, -0.05) is 41.6 Å². The van der Waals surface area contributed by atoms with E-state index in [1.807, 2.05) is 11.6 Å². The molecule has 0 unspecified atom stereocenters. The Balaban J connectivity index is 1.54. The lowest BCUT2D eigenvalue weighted by Crippen LogP contribution is -2.15. The number of benzene rings is 2. The minimum Gasteiger partial charge on any atom is -0.340 e. The first-order valence-electron chi connectivity index (χ1n) is 11.1. The number of fused-ring (bicyclic) bond motifs is 1. The van der Waals surface area contributed by atoms with Crippen molar-refractivity contribution in [2.24, 2.45) is 7.05 Å². The molecule has 3 aromatic heterocycles. The molecule has 0 bridgehead atoms. The van der Waals surface area contributed by atoms with Gasteiger partial charge in [-0.25, -0.2) is 4.39 Å². The molecule has 0 radical (unpaired) electrons. The minimum atomic E-state index is -0.467. The van der Waals surface area contributed by atoms with Crippen LogP contribution >= 0.6 is 23.1 Å². The van der Waals surface area contributed by atoms with E-state index >= 15 is 0 Å². The van der Waals surface area contributed by atoms with Gasteiger partial charge in [-0.05, 0) is 61.5 Å². The predicted octanol–water partition coefficient (Wildman–Crippen LogP) is 6.28. The molecule has 6 nitrogen and oxygen atoms in total. The summed E-state index contributed by atoms with van der Waals surface area (Å²) in [5.74, 6) is 0.000309. The fourth-order valence-electron chi connectivity index (χ4n) is 4.40. The Morgan fingerprint density at radius 1 is 1.09 bits per heavy atom. The van der Waals surface area contributed by atoms with Crippen LogP contribution in [0.25, 0.3) is 27.4 Å². The second kappa shape index (κ2) is 9.31. The molecule has 0 fully saturated rings. The molecule has 9 heteroatoms. The standard InChI is InChI=1S/C26H24FN5OS2/c1-15-11-16(2)24(17(3)12-15)32-25(21-13-22-20(31(21)4)9-10-34-22)29-30-26(32)35-14-23(33)28-19-8-6-5-7-18(19)27/h5-13H,14H2,1-4H3,(H,28,33). The van der Waals surface area contributed by atoms with Crippen LogP contribution in [0.1, 0.15) is 16.7 Å². The van der Waals surface area contributed by atoms with E-state index in [1.54, 1.807) is 29.5 Å². The van der Waals surface area contributed by atoms with Crippen molar-refractivity contribution >= 4 is 44.9 Å². The maximum atomic E-state index is 14.0. The number of thiophene rings is 1. The molecule has 5 aromatic rings. The highest BCUT2D eigenvalue weighted by atomic mass is 32.2. The number of carbonyl (C=O) groups excluding carboxylic acids is 1. The first-order chi connectivity index (χ1) is 16.8. The molecule has 0 spiro atoms. The number of para-hydroxylation sites is 1. The summed E-state index contributed by atoms with van der Waals surface area (Å²) in [7, 11) is 2.02. The maximum Gasteiger partial charge on any atom is 0.234 e. The van der Waals surface area contributed by atoms with Gasteiger partial charge in [-0.2, -0.15) is 0 Å². The van der Waals surface area contributed by atoms with E-state index in [-0.39, 0.29) is 17.3 Å². The number of nitrogens with one attached hydrogen (secondary N) is 1. The zero-order chi connectivity index (χ0) is 24.7. The molecule has 0 aliphatic carbocycles. The maximum absolute atomic E-state index is 14.0. The third kappa shape index (κ3) is 4.37. The van der Waals surface area contributed by atoms with Gasteiger partial charge in [0.1, 0.15) is 5.82 Å². The van der Waals surface area contributed by atoms with Crippen molar-refractivity contribution in [2.75, 3.05) is 11.1 Å². The molecule has 5 rings (SSSR count). The molecule has 0 aliphatic heterocycles. The summed E-state index contributed by atoms with van der Waals surface area (Å²) in [6.45, 7) is 6.22. The number of aromatic nitrogens is 4. The summed E-state index contributed by atoms with van der Waals surface area (Å²) in [6, 6.07) is 14.6. The Bertz CT molecular complexity index is 1540. The Morgan fingerprint density at radius 3 is 2.54 bits per heavy atom. The van der Waals surface area contributed by atoms with E-state index < -0.39 is 5.82 Å². The molecule has 0 saturated carbocycles. The molecule has 178 valence electrons. The second-order valence-corrected chi connectivity index (χ2v) is 10.4. The third-order valence-corrected chi connectivity index (χ3v) is 7.65. The van der Waals surface area contributed by atoms with Gasteiger partial charge in [0.25, 0.3) is 0 Å². The van der Waals surface area contributed by atoms with Crippen LogP contribution in [0.5, 0.6) is 0 Å². The highest BCUT2D eigenvalue weighted by molar-refractivity contribution is 7.99. The van der Waals surface area contributed by atoms with E-state index in [1.165, 1.54) is 28.1 Å². The monoisotopic (exact) mass is 505 g/mol. The number of nitrogens with zero attached hydrogens (tertiary/aromatic N) is 4. The number of halogens is 1. The van der Waals surface area contributed by atoms with Gasteiger partial charge < -0.3 is 9.88 Å². The third-order valence-electron chi connectivity index (χ3n) is 5.87. The molecule has 1 amide bonds. The molecule has 2 aromatic carbocycles. The molecule has 0 aliphatic rings. The summed E-state index contributed by atoms with van der Waals surface area (Å²) in [5, 5.41) is 14.4. The van der Waals surface area contributed by atoms with Crippen LogP contribution in [0.15, 0.2) is 59.1 Å². The van der Waals surface area contributed by atoms with Crippen LogP contribution in [-0.4, -0.2) is 31.0 Å². The molecule has 35 heavy (non-hydrogen) atoms. The number of aryl methyl sites for hydroxylation is 4. The number of rotatable bonds is 6. The zero-order valence-electron chi connectivity index (χ0n) is 19.8. The van der Waals surface area contributed by atoms with E-state index in [2.05, 4.69) is 70.5 Å². The Labute approximate surface area is 210 Å². The largest absolute Gasteiger partial charge is 0.340 e. The fourth-order valence-corrected chi connectivity index (χ4v) is 5.99. The number of amides is 1. The van der Waals surface area contributed by atoms with E-state index in [4.69, 9.17) is 0 Å². The number of hydrogen-bond donors (Lipinski definition) is 1. The normalized spacial score (nSPS) is 11.3. The number of anilines is 1. The Morgan fingerprint density at radius 2 is 1.83 bits per heavy atom. The van der Waals surface area contributed by atoms with E-state index in [0.717, 1.165) is 28.0 Å². The summed E-state index contributed by atoms with van der Waals surface area (Å²) >= 11 is 2.96. The molecule has 3 heterocycles. The summed E-state index contributed by atoms with van der Waals surface area (Å²) in [4.78, 5) is 12.6. The average Bonchev–Trinajstić information content (AvgIpc) is 3.50. The van der Waals surface area contributed by atoms with Gasteiger partial charge in [0.05, 0.1) is 33.0 Å². The smallest absolute Gasteiger partial charge is 0.234 e. The molecule has 1 N–H and O–H groups in total. The van der Waals surface area contributed by atoms with Gasteiger partial charge in [0.2, 0.25) is 5.91 Å². The molecular weight excluding hydrogens is 481 g/mol. The van der Waals surface area contributed by atoms with Crippen LogP contribution in [0.2, 0.25) is 0 Å². The van der Waals surface area contributed by atoms with Crippen LogP contribution in [0.4, 0.5) is 10.1 Å². The summed E-state index contributed by atoms with van der Waals surface area (Å²) in [5.41, 5.74) is 6.61. The quantitative estimate of drug-likeness (QED) is 0.276. The fraction of sp³-hybridized carbons (Fsp3) is 0.192. The van der Waals surface area contributed by atoms with Crippen molar-refractivity contribution in [1.82, 2.24) is 19.3 Å². The Hall–Kier alpha value is -3.43. The lowest BCUT2D eigenvalue weighted by Gasteiger charge is -2.17. The van der Waals surface area contributed by atoms with E-state index in [9.17, 15) is 9.18 Å². The van der Waals surface area contributed by atoms with Gasteiger partial charge >= 0.3 is 0 Å². The van der Waals surface area contributed by atoms with Crippen LogP contribution in [0.3, 0.4) is 0 Å². The lowest BCUT2D eigenvalue weighted by atomic mass is 10.0. The van der Waals surface area contributed by atoms with Crippen molar-refractivity contribution in [3.8, 4) is 17.2 Å². The molecular formula is C26H24FN5OS2. The minimum absolute atomic E-state index is 0.0681. The van der Waals surface area contributed by atoms with Crippen LogP contribution < -0.4 is 5.32 Å². The van der Waals surface area contributed by atoms with Crippen LogP contribution in [0, 0.1) is 26.6 Å². The molecule has 0 saturated heterocycles. The van der Waals surface area contributed by atoms with Gasteiger partial charge in [-0.3, -0.25) is 9.36 Å². The summed E-state index contributed by atoms with van der Waals surface area (Å²) < 4.78 is 19.3. The Kier molecular flexibility index (Phi) is 6.21. The highest BCUT2D eigenvalue weighted by Crippen LogP contribution is 2.35. The van der Waals surface area contributed by atoms with Crippen molar-refractivity contribution < 1.29 is 9.18 Å². The second-order valence-electron chi connectivity index (χ2n) is 8.46. The van der Waals surface area contributed by atoms with Crippen molar-refractivity contribution in [2.45, 2.75) is 25.9 Å². The van der Waals surface area contributed by atoms with Gasteiger partial charge in [0.15, 0.2) is 11.0 Å². The number of carbonyl (C=O) groups is 1. The topological polar surface area (TPSA) is 64.7 Å². The highest BCUT2D eigenvalue weighted by Gasteiger charge is 2.23. The average molecular weight is 506 g/mol.